The van der Waals surface area contributed by atoms with E-state index in [0.29, 0.717) is 5.69 Å². The lowest BCUT2D eigenvalue weighted by Crippen LogP contribution is -2.37. The second kappa shape index (κ2) is 7.61. The molecule has 2 rings (SSSR count). The van der Waals surface area contributed by atoms with Crippen molar-refractivity contribution in [2.75, 3.05) is 20.6 Å². The van der Waals surface area contributed by atoms with Crippen molar-refractivity contribution in [2.45, 2.75) is 6.92 Å². The molecule has 0 spiro atoms. The van der Waals surface area contributed by atoms with E-state index < -0.39 is 11.8 Å². The Morgan fingerprint density at radius 1 is 1.28 bits per heavy atom. The Morgan fingerprint density at radius 2 is 1.92 bits per heavy atom. The molecular weight excluding hydrogens is 322 g/mol. The summed E-state index contributed by atoms with van der Waals surface area (Å²) in [5, 5.41) is 6.76. The Morgan fingerprint density at radius 3 is 2.48 bits per heavy atom. The van der Waals surface area contributed by atoms with Crippen molar-refractivity contribution in [1.29, 1.82) is 0 Å². The first-order chi connectivity index (χ1) is 11.8. The number of hydrogen-bond donors (Lipinski definition) is 2. The maximum absolute atomic E-state index is 12.6. The molecule has 0 fully saturated rings. The molecule has 3 N–H and O–H groups in total. The molecule has 8 nitrogen and oxygen atoms in total. The van der Waals surface area contributed by atoms with Crippen molar-refractivity contribution in [1.82, 2.24) is 20.0 Å². The van der Waals surface area contributed by atoms with Crippen LogP contribution in [0.5, 0.6) is 0 Å². The van der Waals surface area contributed by atoms with Crippen molar-refractivity contribution < 1.29 is 14.4 Å². The number of nitrogens with two attached hydrogens (primary N) is 1. The number of benzene rings is 1. The normalized spacial score (nSPS) is 11.6. The van der Waals surface area contributed by atoms with Gasteiger partial charge in [-0.1, -0.05) is 25.1 Å². The summed E-state index contributed by atoms with van der Waals surface area (Å²) in [6, 6.07) is 10.3. The topological polar surface area (TPSA) is 110 Å². The number of para-hydroxylation sites is 1. The van der Waals surface area contributed by atoms with Crippen LogP contribution in [0.2, 0.25) is 0 Å². The molecule has 1 aromatic heterocycles. The van der Waals surface area contributed by atoms with Gasteiger partial charge in [-0.25, -0.2) is 4.68 Å². The lowest BCUT2D eigenvalue weighted by molar-refractivity contribution is -0.124. The Labute approximate surface area is 145 Å². The fraction of sp³-hybridized carbons (Fsp3) is 0.294. The molecule has 0 aliphatic heterocycles. The SMILES string of the molecule is CNC(=O)C(C)CN(C)C(=O)c1cc(C(N)=O)n(-c2ccccc2)n1. The fourth-order valence-electron chi connectivity index (χ4n) is 2.45. The van der Waals surface area contributed by atoms with Crippen LogP contribution in [0.1, 0.15) is 27.9 Å². The summed E-state index contributed by atoms with van der Waals surface area (Å²) in [7, 11) is 3.12. The molecule has 0 aliphatic carbocycles. The minimum atomic E-state index is -0.684. The van der Waals surface area contributed by atoms with Gasteiger partial charge >= 0.3 is 0 Å². The predicted octanol–water partition coefficient (Wildman–Crippen LogP) is 0.425. The van der Waals surface area contributed by atoms with E-state index in [4.69, 9.17) is 5.73 Å². The molecule has 8 heteroatoms. The van der Waals surface area contributed by atoms with Crippen LogP contribution in [-0.2, 0) is 4.79 Å². The standard InChI is InChI=1S/C17H21N5O3/c1-11(16(24)19-2)10-21(3)17(25)13-9-14(15(18)23)22(20-13)12-7-5-4-6-8-12/h4-9,11H,10H2,1-3H3,(H2,18,23)(H,19,24). The van der Waals surface area contributed by atoms with E-state index in [-0.39, 0.29) is 29.8 Å². The summed E-state index contributed by atoms with van der Waals surface area (Å²) in [5.41, 5.74) is 6.22. The maximum atomic E-state index is 12.6. The molecule has 1 unspecified atom stereocenters. The number of rotatable bonds is 6. The molecule has 25 heavy (non-hydrogen) atoms. The Balaban J connectivity index is 2.29. The summed E-state index contributed by atoms with van der Waals surface area (Å²) >= 11 is 0. The summed E-state index contributed by atoms with van der Waals surface area (Å²) in [5.74, 6) is -1.61. The zero-order chi connectivity index (χ0) is 18.6. The van der Waals surface area contributed by atoms with E-state index in [1.54, 1.807) is 45.3 Å². The second-order valence-electron chi connectivity index (χ2n) is 5.73. The van der Waals surface area contributed by atoms with Crippen molar-refractivity contribution in [2.24, 2.45) is 11.7 Å². The summed E-state index contributed by atoms with van der Waals surface area (Å²) in [6.07, 6.45) is 0. The van der Waals surface area contributed by atoms with E-state index >= 15 is 0 Å². The van der Waals surface area contributed by atoms with Crippen LogP contribution in [0.3, 0.4) is 0 Å². The van der Waals surface area contributed by atoms with Crippen LogP contribution in [-0.4, -0.2) is 53.0 Å². The maximum Gasteiger partial charge on any atom is 0.274 e. The minimum absolute atomic E-state index is 0.0873. The highest BCUT2D eigenvalue weighted by Crippen LogP contribution is 2.14. The quantitative estimate of drug-likeness (QED) is 0.792. The van der Waals surface area contributed by atoms with Gasteiger partial charge in [-0.2, -0.15) is 5.10 Å². The van der Waals surface area contributed by atoms with Gasteiger partial charge in [-0.05, 0) is 12.1 Å². The van der Waals surface area contributed by atoms with Gasteiger partial charge in [0.2, 0.25) is 5.91 Å². The summed E-state index contributed by atoms with van der Waals surface area (Å²) in [4.78, 5) is 37.3. The van der Waals surface area contributed by atoms with Crippen molar-refractivity contribution in [3.05, 3.63) is 47.8 Å². The molecule has 0 aliphatic rings. The molecule has 1 aromatic carbocycles. The first kappa shape index (κ1) is 18.2. The third kappa shape index (κ3) is 4.03. The molecule has 1 atom stereocenters. The Kier molecular flexibility index (Phi) is 5.53. The number of primary amides is 1. The first-order valence-corrected chi connectivity index (χ1v) is 7.77. The van der Waals surface area contributed by atoms with Gasteiger partial charge in [-0.3, -0.25) is 14.4 Å². The van der Waals surface area contributed by atoms with E-state index in [0.717, 1.165) is 0 Å². The van der Waals surface area contributed by atoms with Gasteiger partial charge in [0.1, 0.15) is 5.69 Å². The van der Waals surface area contributed by atoms with E-state index in [2.05, 4.69) is 10.4 Å². The molecule has 0 bridgehead atoms. The Bertz CT molecular complexity index is 785. The molecule has 0 saturated heterocycles. The van der Waals surface area contributed by atoms with Crippen LogP contribution in [0.25, 0.3) is 5.69 Å². The lowest BCUT2D eigenvalue weighted by Gasteiger charge is -2.19. The molecule has 1 heterocycles. The van der Waals surface area contributed by atoms with Crippen LogP contribution in [0, 0.1) is 5.92 Å². The average Bonchev–Trinajstić information content (AvgIpc) is 3.06. The summed E-state index contributed by atoms with van der Waals surface area (Å²) in [6.45, 7) is 1.95. The first-order valence-electron chi connectivity index (χ1n) is 7.77. The monoisotopic (exact) mass is 343 g/mol. The van der Waals surface area contributed by atoms with Crippen LogP contribution < -0.4 is 11.1 Å². The highest BCUT2D eigenvalue weighted by atomic mass is 16.2. The smallest absolute Gasteiger partial charge is 0.274 e. The van der Waals surface area contributed by atoms with E-state index in [9.17, 15) is 14.4 Å². The van der Waals surface area contributed by atoms with Gasteiger partial charge < -0.3 is 16.0 Å². The van der Waals surface area contributed by atoms with Crippen molar-refractivity contribution in [3.8, 4) is 5.69 Å². The minimum Gasteiger partial charge on any atom is -0.364 e. The number of aromatic nitrogens is 2. The number of amides is 3. The zero-order valence-corrected chi connectivity index (χ0v) is 14.4. The fourth-order valence-corrected chi connectivity index (χ4v) is 2.45. The highest BCUT2D eigenvalue weighted by molar-refractivity contribution is 5.97. The van der Waals surface area contributed by atoms with E-state index in [1.165, 1.54) is 15.6 Å². The largest absolute Gasteiger partial charge is 0.364 e. The van der Waals surface area contributed by atoms with Gasteiger partial charge in [-0.15, -0.1) is 0 Å². The highest BCUT2D eigenvalue weighted by Gasteiger charge is 2.23. The van der Waals surface area contributed by atoms with Gasteiger partial charge in [0.25, 0.3) is 11.8 Å². The van der Waals surface area contributed by atoms with Gasteiger partial charge in [0, 0.05) is 26.7 Å². The number of hydrogen-bond acceptors (Lipinski definition) is 4. The molecule has 0 radical (unpaired) electrons. The number of carbonyl (C=O) groups excluding carboxylic acids is 3. The zero-order valence-electron chi connectivity index (χ0n) is 14.4. The molecule has 0 saturated carbocycles. The number of carbonyl (C=O) groups is 3. The van der Waals surface area contributed by atoms with E-state index in [1.807, 2.05) is 6.07 Å². The Hall–Kier alpha value is -3.16. The number of nitrogens with zero attached hydrogens (tertiary/aromatic N) is 3. The van der Waals surface area contributed by atoms with Crippen LogP contribution >= 0.6 is 0 Å². The predicted molar refractivity (Wildman–Crippen MR) is 92.3 cm³/mol. The third-order valence-electron chi connectivity index (χ3n) is 3.77. The molecule has 132 valence electrons. The number of nitrogens with one attached hydrogen (secondary N) is 1. The van der Waals surface area contributed by atoms with Gasteiger partial charge in [0.05, 0.1) is 11.6 Å². The van der Waals surface area contributed by atoms with Crippen molar-refractivity contribution in [3.63, 3.8) is 0 Å². The lowest BCUT2D eigenvalue weighted by atomic mass is 10.1. The average molecular weight is 343 g/mol. The second-order valence-corrected chi connectivity index (χ2v) is 5.73. The molecule has 2 aromatic rings. The third-order valence-corrected chi connectivity index (χ3v) is 3.77. The molecular formula is C17H21N5O3. The molecule has 3 amide bonds. The van der Waals surface area contributed by atoms with Crippen molar-refractivity contribution >= 4 is 17.7 Å². The van der Waals surface area contributed by atoms with Gasteiger partial charge in [0.15, 0.2) is 5.69 Å². The summed E-state index contributed by atoms with van der Waals surface area (Å²) < 4.78 is 1.34. The van der Waals surface area contributed by atoms with Crippen LogP contribution in [0.15, 0.2) is 36.4 Å². The van der Waals surface area contributed by atoms with Crippen LogP contribution in [0.4, 0.5) is 0 Å².